The quantitative estimate of drug-likeness (QED) is 0.262. The average Bonchev–Trinajstić information content (AvgIpc) is 2.96. The Morgan fingerprint density at radius 3 is 2.15 bits per heavy atom. The third kappa shape index (κ3) is 7.91. The van der Waals surface area contributed by atoms with Crippen LogP contribution in [0.15, 0.2) is 73.1 Å². The molecule has 0 radical (unpaired) electrons. The first-order chi connectivity index (χ1) is 19.6. The first-order valence-electron chi connectivity index (χ1n) is 13.7. The number of piperazine rings is 1. The minimum atomic E-state index is -4.77. The number of rotatable bonds is 11. The Hall–Kier alpha value is -3.31. The number of aliphatic hydroxyl groups is 1. The minimum absolute atomic E-state index is 0.202. The number of hydrogen-bond acceptors (Lipinski definition) is 7. The van der Waals surface area contributed by atoms with Crippen LogP contribution >= 0.6 is 0 Å². The van der Waals surface area contributed by atoms with Gasteiger partial charge in [-0.1, -0.05) is 48.5 Å². The van der Waals surface area contributed by atoms with E-state index in [-0.39, 0.29) is 18.1 Å². The number of nitrogens with zero attached hydrogens (tertiary/aromatic N) is 3. The van der Waals surface area contributed by atoms with Gasteiger partial charge in [-0.15, -0.1) is 0 Å². The van der Waals surface area contributed by atoms with Crippen LogP contribution in [0.3, 0.4) is 0 Å². The van der Waals surface area contributed by atoms with Crippen molar-refractivity contribution in [1.82, 2.24) is 14.8 Å². The third-order valence-corrected chi connectivity index (χ3v) is 7.35. The Labute approximate surface area is 238 Å². The molecule has 1 N–H and O–H groups in total. The fourth-order valence-corrected chi connectivity index (χ4v) is 4.81. The number of halogens is 3. The van der Waals surface area contributed by atoms with Crippen LogP contribution in [0, 0.1) is 0 Å². The van der Waals surface area contributed by atoms with Gasteiger partial charge in [-0.2, -0.15) is 13.2 Å². The van der Waals surface area contributed by atoms with Crippen LogP contribution in [0.1, 0.15) is 30.5 Å². The maximum absolute atomic E-state index is 13.2. The van der Waals surface area contributed by atoms with Gasteiger partial charge in [0.2, 0.25) is 0 Å². The summed E-state index contributed by atoms with van der Waals surface area (Å²) < 4.78 is 50.4. The number of carbonyl (C=O) groups excluding carboxylic acids is 1. The lowest BCUT2D eigenvalue weighted by Gasteiger charge is -2.40. The second-order valence-electron chi connectivity index (χ2n) is 10.3. The lowest BCUT2D eigenvalue weighted by Crippen LogP contribution is -2.56. The van der Waals surface area contributed by atoms with Gasteiger partial charge in [0, 0.05) is 51.7 Å². The molecule has 1 aromatic heterocycles. The summed E-state index contributed by atoms with van der Waals surface area (Å²) in [7, 11) is 0. The van der Waals surface area contributed by atoms with Crippen LogP contribution in [-0.2, 0) is 33.0 Å². The summed E-state index contributed by atoms with van der Waals surface area (Å²) in [5.41, 5.74) is 0.563. The molecule has 3 aromatic rings. The van der Waals surface area contributed by atoms with Crippen molar-refractivity contribution >= 4 is 5.97 Å². The zero-order chi connectivity index (χ0) is 29.5. The molecule has 7 nitrogen and oxygen atoms in total. The van der Waals surface area contributed by atoms with E-state index < -0.39 is 17.8 Å². The molecule has 2 aromatic carbocycles. The molecule has 0 aliphatic carbocycles. The van der Waals surface area contributed by atoms with Gasteiger partial charge in [-0.3, -0.25) is 19.6 Å². The van der Waals surface area contributed by atoms with Crippen LogP contribution in [0.5, 0.6) is 0 Å². The lowest BCUT2D eigenvalue weighted by atomic mass is 9.93. The molecule has 0 bridgehead atoms. The molecule has 2 atom stereocenters. The highest BCUT2D eigenvalue weighted by Gasteiger charge is 2.51. The van der Waals surface area contributed by atoms with E-state index in [9.17, 15) is 23.1 Å². The summed E-state index contributed by atoms with van der Waals surface area (Å²) in [5.74, 6) is -0.282. The van der Waals surface area contributed by atoms with E-state index in [1.807, 2.05) is 43.3 Å². The molecule has 0 amide bonds. The maximum Gasteiger partial charge on any atom is 0.421 e. The number of esters is 1. The molecule has 41 heavy (non-hydrogen) atoms. The van der Waals surface area contributed by atoms with E-state index in [0.717, 1.165) is 35.7 Å². The van der Waals surface area contributed by atoms with Gasteiger partial charge >= 0.3 is 12.1 Å². The third-order valence-electron chi connectivity index (χ3n) is 7.35. The van der Waals surface area contributed by atoms with Crippen LogP contribution in [0.25, 0.3) is 11.1 Å². The number of pyridine rings is 1. The fourth-order valence-electron chi connectivity index (χ4n) is 4.81. The molecular formula is C31H36F3N3O4. The van der Waals surface area contributed by atoms with Crippen LogP contribution in [0.2, 0.25) is 0 Å². The van der Waals surface area contributed by atoms with Gasteiger partial charge in [0.15, 0.2) is 5.60 Å². The largest absolute Gasteiger partial charge is 0.462 e. The van der Waals surface area contributed by atoms with Crippen molar-refractivity contribution in [2.24, 2.45) is 0 Å². The van der Waals surface area contributed by atoms with Crippen LogP contribution in [-0.4, -0.2) is 77.5 Å². The van der Waals surface area contributed by atoms with Crippen LogP contribution < -0.4 is 0 Å². The van der Waals surface area contributed by atoms with Gasteiger partial charge in [0.25, 0.3) is 0 Å². The van der Waals surface area contributed by atoms with Crippen molar-refractivity contribution in [3.05, 3.63) is 89.7 Å². The van der Waals surface area contributed by atoms with Crippen molar-refractivity contribution in [1.29, 1.82) is 0 Å². The van der Waals surface area contributed by atoms with E-state index in [1.54, 1.807) is 24.5 Å². The summed E-state index contributed by atoms with van der Waals surface area (Å²) in [6.45, 7) is 7.00. The second-order valence-corrected chi connectivity index (χ2v) is 10.3. The van der Waals surface area contributed by atoms with Gasteiger partial charge < -0.3 is 14.6 Å². The predicted octanol–water partition coefficient (Wildman–Crippen LogP) is 4.78. The fraction of sp³-hybridized carbons (Fsp3) is 0.419. The monoisotopic (exact) mass is 571 g/mol. The standard InChI is InChI=1S/C31H36F3N3O4/c1-3-40-18-19-41-29(38)28-22-36(20-24-12-14-35-15-13-24)16-17-37(28)21-23-4-6-25(7-5-23)26-8-10-27(11-9-26)30(2,39)31(32,33)34/h4-15,28,39H,3,16-22H2,1-2H3/t28-,30?/m1/s1. The summed E-state index contributed by atoms with van der Waals surface area (Å²) in [5, 5.41) is 9.92. The highest BCUT2D eigenvalue weighted by molar-refractivity contribution is 5.76. The molecular weight excluding hydrogens is 535 g/mol. The number of ether oxygens (including phenoxy) is 2. The second kappa shape index (κ2) is 13.6. The summed E-state index contributed by atoms with van der Waals surface area (Å²) in [6, 6.07) is 16.9. The Bertz CT molecular complexity index is 1250. The van der Waals surface area contributed by atoms with Crippen molar-refractivity contribution in [3.63, 3.8) is 0 Å². The number of alkyl halides is 3. The smallest absolute Gasteiger partial charge is 0.421 e. The van der Waals surface area contributed by atoms with Crippen LogP contribution in [0.4, 0.5) is 13.2 Å². The molecule has 0 saturated carbocycles. The number of benzene rings is 2. The topological polar surface area (TPSA) is 75.1 Å². The molecule has 1 aliphatic heterocycles. The molecule has 1 unspecified atom stereocenters. The van der Waals surface area contributed by atoms with E-state index in [0.29, 0.717) is 39.4 Å². The number of hydrogen-bond donors (Lipinski definition) is 1. The molecule has 2 heterocycles. The predicted molar refractivity (Wildman–Crippen MR) is 149 cm³/mol. The molecule has 4 rings (SSSR count). The van der Waals surface area contributed by atoms with E-state index in [1.165, 1.54) is 12.1 Å². The maximum atomic E-state index is 13.2. The molecule has 220 valence electrons. The SMILES string of the molecule is CCOCCOC(=O)[C@H]1CN(Cc2ccncc2)CCN1Cc1ccc(-c2ccc(C(C)(O)C(F)(F)F)cc2)cc1. The van der Waals surface area contributed by atoms with Crippen molar-refractivity contribution in [2.75, 3.05) is 39.5 Å². The molecule has 1 fully saturated rings. The van der Waals surface area contributed by atoms with E-state index >= 15 is 0 Å². The highest BCUT2D eigenvalue weighted by atomic mass is 19.4. The number of carbonyl (C=O) groups is 1. The van der Waals surface area contributed by atoms with Gasteiger partial charge in [-0.25, -0.2) is 0 Å². The lowest BCUT2D eigenvalue weighted by molar-refractivity contribution is -0.258. The Kier molecular flexibility index (Phi) is 10.1. The molecule has 10 heteroatoms. The summed E-state index contributed by atoms with van der Waals surface area (Å²) >= 11 is 0. The molecule has 1 aliphatic rings. The summed E-state index contributed by atoms with van der Waals surface area (Å²) in [6.07, 6.45) is -1.25. The molecule has 0 spiro atoms. The first-order valence-corrected chi connectivity index (χ1v) is 13.7. The minimum Gasteiger partial charge on any atom is -0.462 e. The zero-order valence-electron chi connectivity index (χ0n) is 23.3. The zero-order valence-corrected chi connectivity index (χ0v) is 23.3. The van der Waals surface area contributed by atoms with E-state index in [4.69, 9.17) is 9.47 Å². The Balaban J connectivity index is 1.43. The Morgan fingerprint density at radius 2 is 1.54 bits per heavy atom. The van der Waals surface area contributed by atoms with Gasteiger partial charge in [0.1, 0.15) is 12.6 Å². The van der Waals surface area contributed by atoms with E-state index in [2.05, 4.69) is 14.8 Å². The molecule has 1 saturated heterocycles. The van der Waals surface area contributed by atoms with Gasteiger partial charge in [0.05, 0.1) is 6.61 Å². The highest BCUT2D eigenvalue weighted by Crippen LogP contribution is 2.39. The average molecular weight is 572 g/mol. The Morgan fingerprint density at radius 1 is 0.927 bits per heavy atom. The first kappa shape index (κ1) is 30.6. The van der Waals surface area contributed by atoms with Gasteiger partial charge in [-0.05, 0) is 53.8 Å². The van der Waals surface area contributed by atoms with Crippen molar-refractivity contribution in [2.45, 2.75) is 44.8 Å². The van der Waals surface area contributed by atoms with Crippen molar-refractivity contribution < 1.29 is 32.5 Å². The van der Waals surface area contributed by atoms with Crippen molar-refractivity contribution in [3.8, 4) is 11.1 Å². The number of aromatic nitrogens is 1. The normalized spacial score (nSPS) is 18.1. The summed E-state index contributed by atoms with van der Waals surface area (Å²) in [4.78, 5) is 21.5.